The minimum Gasteiger partial charge on any atom is -0.506 e. The Morgan fingerprint density at radius 3 is 2.35 bits per heavy atom. The van der Waals surface area contributed by atoms with Crippen LogP contribution in [0.3, 0.4) is 0 Å². The number of morpholine rings is 1. The molecule has 0 saturated carbocycles. The highest BCUT2D eigenvalue weighted by atomic mass is 79.9. The van der Waals surface area contributed by atoms with E-state index in [0.29, 0.717) is 8.95 Å². The Balaban J connectivity index is 1.80. The number of ether oxygens (including phenoxy) is 1. The Kier molecular flexibility index (Phi) is 6.18. The quantitative estimate of drug-likeness (QED) is 0.252. The molecule has 2 heterocycles. The number of nitrogens with zero attached hydrogens (tertiary/aromatic N) is 1. The van der Waals surface area contributed by atoms with E-state index in [1.807, 2.05) is 23.5 Å². The van der Waals surface area contributed by atoms with Crippen LogP contribution in [0.15, 0.2) is 49.8 Å². The summed E-state index contributed by atoms with van der Waals surface area (Å²) in [6, 6.07) is 12.5. The van der Waals surface area contributed by atoms with Crippen LogP contribution >= 0.6 is 59.1 Å². The monoisotopic (exact) mass is 623 g/mol. The second-order valence-corrected chi connectivity index (χ2v) is 11.4. The molecule has 3 nitrogen and oxygen atoms in total. The first-order valence-electron chi connectivity index (χ1n) is 10.1. The first-order chi connectivity index (χ1) is 15.0. The molecule has 0 spiro atoms. The molecule has 1 aliphatic heterocycles. The third-order valence-corrected chi connectivity index (χ3v) is 9.49. The van der Waals surface area contributed by atoms with Crippen molar-refractivity contribution in [1.82, 2.24) is 4.90 Å². The Morgan fingerprint density at radius 2 is 1.68 bits per heavy atom. The SMILES string of the molecule is Cc1c(CN2CCOCC2)sc2c(Br)c3ccccc3c(-c3cc(Br)c(O)c(Br)c3)c12. The predicted octanol–water partition coefficient (Wildman–Crippen LogP) is 7.86. The highest BCUT2D eigenvalue weighted by Crippen LogP contribution is 2.49. The van der Waals surface area contributed by atoms with Crippen molar-refractivity contribution in [2.24, 2.45) is 0 Å². The summed E-state index contributed by atoms with van der Waals surface area (Å²) in [5, 5.41) is 14.0. The Morgan fingerprint density at radius 1 is 1.03 bits per heavy atom. The number of aromatic hydroxyl groups is 1. The molecule has 1 saturated heterocycles. The smallest absolute Gasteiger partial charge is 0.143 e. The number of aryl methyl sites for hydroxylation is 1. The average Bonchev–Trinajstić information content (AvgIpc) is 3.09. The van der Waals surface area contributed by atoms with Gasteiger partial charge in [-0.2, -0.15) is 0 Å². The number of halogens is 3. The molecule has 160 valence electrons. The fourth-order valence-corrected chi connectivity index (χ4v) is 7.57. The normalized spacial score (nSPS) is 15.2. The number of hydrogen-bond donors (Lipinski definition) is 1. The molecule has 31 heavy (non-hydrogen) atoms. The predicted molar refractivity (Wildman–Crippen MR) is 140 cm³/mol. The van der Waals surface area contributed by atoms with E-state index < -0.39 is 0 Å². The number of rotatable bonds is 3. The summed E-state index contributed by atoms with van der Waals surface area (Å²) in [7, 11) is 0. The third-order valence-electron chi connectivity index (χ3n) is 5.90. The summed E-state index contributed by atoms with van der Waals surface area (Å²) in [4.78, 5) is 3.87. The average molecular weight is 626 g/mol. The second-order valence-electron chi connectivity index (χ2n) is 7.77. The second kappa shape index (κ2) is 8.76. The van der Waals surface area contributed by atoms with Gasteiger partial charge in [0.25, 0.3) is 0 Å². The zero-order valence-electron chi connectivity index (χ0n) is 16.8. The zero-order chi connectivity index (χ0) is 21.7. The molecule has 1 aliphatic rings. The van der Waals surface area contributed by atoms with E-state index in [-0.39, 0.29) is 5.75 Å². The number of fused-ring (bicyclic) bond motifs is 2. The first kappa shape index (κ1) is 21.9. The molecular formula is C24H20Br3NO2S. The van der Waals surface area contributed by atoms with Gasteiger partial charge in [-0.3, -0.25) is 4.90 Å². The lowest BCUT2D eigenvalue weighted by molar-refractivity contribution is 0.0346. The van der Waals surface area contributed by atoms with E-state index in [1.165, 1.54) is 36.9 Å². The summed E-state index contributed by atoms with van der Waals surface area (Å²) >= 11 is 12.8. The minimum absolute atomic E-state index is 0.219. The number of thiophene rings is 1. The van der Waals surface area contributed by atoms with Gasteiger partial charge < -0.3 is 9.84 Å². The Bertz CT molecular complexity index is 1290. The summed E-state index contributed by atoms with van der Waals surface area (Å²) in [6.45, 7) is 6.74. The van der Waals surface area contributed by atoms with E-state index in [4.69, 9.17) is 4.74 Å². The van der Waals surface area contributed by atoms with E-state index >= 15 is 0 Å². The lowest BCUT2D eigenvalue weighted by Crippen LogP contribution is -2.35. The maximum Gasteiger partial charge on any atom is 0.143 e. The molecule has 0 aliphatic carbocycles. The minimum atomic E-state index is 0.219. The van der Waals surface area contributed by atoms with Crippen molar-refractivity contribution in [3.05, 3.63) is 60.3 Å². The van der Waals surface area contributed by atoms with E-state index in [0.717, 1.165) is 42.9 Å². The molecule has 0 radical (unpaired) electrons. The number of phenolic OH excluding ortho intramolecular Hbond substituents is 1. The van der Waals surface area contributed by atoms with Crippen molar-refractivity contribution < 1.29 is 9.84 Å². The third kappa shape index (κ3) is 3.87. The molecule has 0 amide bonds. The van der Waals surface area contributed by atoms with Crippen molar-refractivity contribution in [2.45, 2.75) is 13.5 Å². The van der Waals surface area contributed by atoms with Gasteiger partial charge in [0.05, 0.1) is 26.9 Å². The van der Waals surface area contributed by atoms with Gasteiger partial charge in [-0.1, -0.05) is 24.3 Å². The van der Waals surface area contributed by atoms with Crippen molar-refractivity contribution >= 4 is 80.0 Å². The highest BCUT2D eigenvalue weighted by Gasteiger charge is 2.22. The van der Waals surface area contributed by atoms with Crippen LogP contribution in [0.1, 0.15) is 10.4 Å². The highest BCUT2D eigenvalue weighted by molar-refractivity contribution is 9.11. The topological polar surface area (TPSA) is 32.7 Å². The largest absolute Gasteiger partial charge is 0.506 e. The van der Waals surface area contributed by atoms with Crippen LogP contribution in [0.4, 0.5) is 0 Å². The molecule has 4 aromatic rings. The van der Waals surface area contributed by atoms with Gasteiger partial charge in [0.1, 0.15) is 5.75 Å². The number of benzene rings is 3. The van der Waals surface area contributed by atoms with Crippen LogP contribution in [-0.2, 0) is 11.3 Å². The van der Waals surface area contributed by atoms with Crippen LogP contribution in [0, 0.1) is 6.92 Å². The van der Waals surface area contributed by atoms with Crippen molar-refractivity contribution in [1.29, 1.82) is 0 Å². The molecule has 1 N–H and O–H groups in total. The maximum absolute atomic E-state index is 10.3. The van der Waals surface area contributed by atoms with Gasteiger partial charge in [-0.25, -0.2) is 0 Å². The van der Waals surface area contributed by atoms with Crippen LogP contribution in [0.2, 0.25) is 0 Å². The molecule has 1 aromatic heterocycles. The number of hydrogen-bond acceptors (Lipinski definition) is 4. The van der Waals surface area contributed by atoms with Gasteiger partial charge in [-0.05, 0) is 94.3 Å². The Labute approximate surface area is 210 Å². The van der Waals surface area contributed by atoms with E-state index in [1.54, 1.807) is 0 Å². The van der Waals surface area contributed by atoms with Crippen molar-refractivity contribution in [3.63, 3.8) is 0 Å². The molecule has 5 rings (SSSR count). The van der Waals surface area contributed by atoms with Gasteiger partial charge in [0.15, 0.2) is 0 Å². The molecule has 0 bridgehead atoms. The lowest BCUT2D eigenvalue weighted by Gasteiger charge is -2.26. The number of phenols is 1. The van der Waals surface area contributed by atoms with Crippen LogP contribution in [0.5, 0.6) is 5.75 Å². The van der Waals surface area contributed by atoms with Crippen LogP contribution < -0.4 is 0 Å². The van der Waals surface area contributed by atoms with Crippen molar-refractivity contribution in [2.75, 3.05) is 26.3 Å². The molecule has 1 fully saturated rings. The first-order valence-corrected chi connectivity index (χ1v) is 13.3. The standard InChI is InChI=1S/C24H20Br3NO2S/c1-13-19(12-28-6-8-30-9-7-28)31-24-20(13)21(14-10-17(25)23(29)18(26)11-14)15-4-2-3-5-16(15)22(24)27/h2-5,10-11,29H,6-9,12H2,1H3. The lowest BCUT2D eigenvalue weighted by atomic mass is 9.93. The van der Waals surface area contributed by atoms with Gasteiger partial charge in [-0.15, -0.1) is 11.3 Å². The molecular weight excluding hydrogens is 606 g/mol. The molecule has 3 aromatic carbocycles. The van der Waals surface area contributed by atoms with E-state index in [9.17, 15) is 5.11 Å². The zero-order valence-corrected chi connectivity index (χ0v) is 22.4. The summed E-state index contributed by atoms with van der Waals surface area (Å²) in [6.07, 6.45) is 0. The van der Waals surface area contributed by atoms with Gasteiger partial charge in [0.2, 0.25) is 0 Å². The fourth-order valence-electron chi connectivity index (χ4n) is 4.29. The van der Waals surface area contributed by atoms with Crippen LogP contribution in [-0.4, -0.2) is 36.3 Å². The van der Waals surface area contributed by atoms with Gasteiger partial charge >= 0.3 is 0 Å². The Hall–Kier alpha value is -0.960. The summed E-state index contributed by atoms with van der Waals surface area (Å²) < 4.78 is 9.32. The van der Waals surface area contributed by atoms with Gasteiger partial charge in [0, 0.05) is 34.4 Å². The fraction of sp³-hybridized carbons (Fsp3) is 0.250. The molecule has 7 heteroatoms. The molecule has 0 atom stereocenters. The molecule has 0 unspecified atom stereocenters. The van der Waals surface area contributed by atoms with Crippen molar-refractivity contribution in [3.8, 4) is 16.9 Å². The van der Waals surface area contributed by atoms with Crippen LogP contribution in [0.25, 0.3) is 32.0 Å². The van der Waals surface area contributed by atoms with E-state index in [2.05, 4.69) is 83.9 Å². The summed E-state index contributed by atoms with van der Waals surface area (Å²) in [5.74, 6) is 0.219. The maximum atomic E-state index is 10.3. The summed E-state index contributed by atoms with van der Waals surface area (Å²) in [5.41, 5.74) is 3.61.